The molecule has 0 unspecified atom stereocenters. The Morgan fingerprint density at radius 3 is 2.33 bits per heavy atom. The van der Waals surface area contributed by atoms with Gasteiger partial charge in [0.1, 0.15) is 10.7 Å². The fourth-order valence-corrected chi connectivity index (χ4v) is 6.81. The molecule has 5 rings (SSSR count). The molecule has 0 aliphatic heterocycles. The summed E-state index contributed by atoms with van der Waals surface area (Å²) in [5, 5.41) is 4.58. The number of carbonyl (C=O) groups excluding carboxylic acids is 1. The molecule has 3 nitrogen and oxygen atoms in total. The highest BCUT2D eigenvalue weighted by molar-refractivity contribution is 7.21. The first-order valence-corrected chi connectivity index (χ1v) is 14.3. The molecule has 1 aliphatic carbocycles. The van der Waals surface area contributed by atoms with Gasteiger partial charge in [0.15, 0.2) is 0 Å². The predicted molar refractivity (Wildman–Crippen MR) is 153 cm³/mol. The van der Waals surface area contributed by atoms with E-state index in [1.165, 1.54) is 29.5 Å². The predicted octanol–water partition coefficient (Wildman–Crippen LogP) is 8.65. The van der Waals surface area contributed by atoms with Crippen LogP contribution in [-0.4, -0.2) is 29.9 Å². The largest absolute Gasteiger partial charge is 0.330 e. The number of halogens is 4. The van der Waals surface area contributed by atoms with Gasteiger partial charge < -0.3 is 10.2 Å². The zero-order valence-electron chi connectivity index (χ0n) is 21.8. The molecule has 0 bridgehead atoms. The van der Waals surface area contributed by atoms with Gasteiger partial charge in [-0.2, -0.15) is 0 Å². The van der Waals surface area contributed by atoms with Crippen LogP contribution in [0.15, 0.2) is 66.7 Å². The van der Waals surface area contributed by atoms with Crippen molar-refractivity contribution in [1.29, 1.82) is 0 Å². The molecule has 0 radical (unpaired) electrons. The molecule has 204 valence electrons. The molecule has 0 saturated heterocycles. The fourth-order valence-electron chi connectivity index (χ4n) is 5.34. The molecule has 3 aromatic carbocycles. The highest BCUT2D eigenvalue weighted by Gasteiger charge is 2.32. The molecule has 39 heavy (non-hydrogen) atoms. The number of carbonyl (C=O) groups is 1. The number of benzene rings is 3. The number of alkyl halides is 2. The molecule has 4 aromatic rings. The van der Waals surface area contributed by atoms with Gasteiger partial charge in [-0.05, 0) is 62.1 Å². The minimum atomic E-state index is -2.94. The first kappa shape index (κ1) is 27.7. The van der Waals surface area contributed by atoms with Crippen LogP contribution < -0.4 is 5.32 Å². The van der Waals surface area contributed by atoms with Crippen LogP contribution in [-0.2, 0) is 12.5 Å². The van der Waals surface area contributed by atoms with Gasteiger partial charge in [0.25, 0.3) is 11.8 Å². The fraction of sp³-hybridized carbons (Fsp3) is 0.323. The van der Waals surface area contributed by atoms with Gasteiger partial charge >= 0.3 is 0 Å². The maximum absolute atomic E-state index is 15.2. The third-order valence-corrected chi connectivity index (χ3v) is 9.31. The molecule has 1 fully saturated rings. The lowest BCUT2D eigenvalue weighted by molar-refractivity contribution is 0.0175. The topological polar surface area (TPSA) is 32.3 Å². The lowest BCUT2D eigenvalue weighted by Gasteiger charge is -2.37. The first-order valence-electron chi connectivity index (χ1n) is 13.1. The number of fused-ring (bicyclic) bond motifs is 1. The zero-order chi connectivity index (χ0) is 27.7. The van der Waals surface area contributed by atoms with E-state index in [1.54, 1.807) is 29.2 Å². The van der Waals surface area contributed by atoms with E-state index in [1.807, 2.05) is 31.3 Å². The van der Waals surface area contributed by atoms with E-state index in [2.05, 4.69) is 5.32 Å². The summed E-state index contributed by atoms with van der Waals surface area (Å²) in [6, 6.07) is 18.7. The summed E-state index contributed by atoms with van der Waals surface area (Å²) in [5.74, 6) is -3.55. The summed E-state index contributed by atoms with van der Waals surface area (Å²) in [7, 11) is 1.94. The molecular weight excluding hydrogens is 541 g/mol. The Kier molecular flexibility index (Phi) is 8.04. The van der Waals surface area contributed by atoms with E-state index in [9.17, 15) is 13.6 Å². The van der Waals surface area contributed by atoms with Gasteiger partial charge in [-0.1, -0.05) is 60.1 Å². The van der Waals surface area contributed by atoms with Crippen molar-refractivity contribution in [1.82, 2.24) is 10.2 Å². The number of hydrogen-bond acceptors (Lipinski definition) is 3. The third kappa shape index (κ3) is 5.86. The normalized spacial score (nSPS) is 17.9. The average Bonchev–Trinajstić information content (AvgIpc) is 3.28. The Hall–Kier alpha value is -2.87. The Balaban J connectivity index is 1.48. The number of amides is 1. The first-order chi connectivity index (χ1) is 18.7. The molecular formula is C31H30ClF3N2OS. The van der Waals surface area contributed by atoms with Gasteiger partial charge in [0.2, 0.25) is 0 Å². The molecule has 1 heterocycles. The van der Waals surface area contributed by atoms with Crippen molar-refractivity contribution in [2.45, 2.75) is 57.2 Å². The minimum absolute atomic E-state index is 0.0579. The van der Waals surface area contributed by atoms with Crippen molar-refractivity contribution in [2.24, 2.45) is 0 Å². The highest BCUT2D eigenvalue weighted by Crippen LogP contribution is 2.38. The number of thiophene rings is 1. The van der Waals surface area contributed by atoms with Crippen LogP contribution in [0.4, 0.5) is 13.2 Å². The van der Waals surface area contributed by atoms with Crippen LogP contribution in [0.25, 0.3) is 21.2 Å². The summed E-state index contributed by atoms with van der Waals surface area (Å²) in [5.41, 5.74) is 1.69. The van der Waals surface area contributed by atoms with Crippen molar-refractivity contribution < 1.29 is 18.0 Å². The second kappa shape index (κ2) is 11.3. The maximum Gasteiger partial charge on any atom is 0.270 e. The molecule has 1 aromatic heterocycles. The minimum Gasteiger partial charge on any atom is -0.330 e. The molecule has 1 aliphatic rings. The lowest BCUT2D eigenvalue weighted by atomic mass is 9.89. The van der Waals surface area contributed by atoms with Crippen molar-refractivity contribution in [3.8, 4) is 11.1 Å². The molecule has 0 spiro atoms. The number of nitrogens with one attached hydrogen (secondary N) is 1. The Morgan fingerprint density at radius 2 is 1.69 bits per heavy atom. The second-order valence-electron chi connectivity index (χ2n) is 10.2. The quantitative estimate of drug-likeness (QED) is 0.241. The van der Waals surface area contributed by atoms with E-state index in [0.717, 1.165) is 42.7 Å². The molecule has 1 N–H and O–H groups in total. The summed E-state index contributed by atoms with van der Waals surface area (Å²) >= 11 is 8.05. The van der Waals surface area contributed by atoms with Gasteiger partial charge in [-0.15, -0.1) is 11.3 Å². The second-order valence-corrected chi connectivity index (χ2v) is 11.7. The Morgan fingerprint density at radius 1 is 1.03 bits per heavy atom. The number of hydrogen-bond donors (Lipinski definition) is 1. The summed E-state index contributed by atoms with van der Waals surface area (Å²) in [4.78, 5) is 16.3. The van der Waals surface area contributed by atoms with Crippen molar-refractivity contribution in [3.05, 3.63) is 93.6 Å². The van der Waals surface area contributed by atoms with Crippen LogP contribution in [0, 0.1) is 5.82 Å². The van der Waals surface area contributed by atoms with Crippen LogP contribution in [0.1, 0.15) is 53.4 Å². The van der Waals surface area contributed by atoms with Crippen LogP contribution in [0.5, 0.6) is 0 Å². The molecule has 1 amide bonds. The van der Waals surface area contributed by atoms with Crippen molar-refractivity contribution in [3.63, 3.8) is 0 Å². The number of nitrogens with zero attached hydrogens (tertiary/aromatic N) is 1. The van der Waals surface area contributed by atoms with Gasteiger partial charge in [0.05, 0.1) is 5.02 Å². The Bertz CT molecular complexity index is 1470. The van der Waals surface area contributed by atoms with Gasteiger partial charge in [-0.3, -0.25) is 4.79 Å². The summed E-state index contributed by atoms with van der Waals surface area (Å²) in [6.07, 6.45) is 3.44. The summed E-state index contributed by atoms with van der Waals surface area (Å²) in [6.45, 7) is 0.944. The SMILES string of the molecule is CNC1CCC(N(Cc2cc(-c3ccc(C(C)(F)F)cc3)ccc2F)C(=O)c2sc3ccccc3c2Cl)CC1. The average molecular weight is 571 g/mol. The smallest absolute Gasteiger partial charge is 0.270 e. The monoisotopic (exact) mass is 570 g/mol. The van der Waals surface area contributed by atoms with E-state index < -0.39 is 11.7 Å². The highest BCUT2D eigenvalue weighted by atomic mass is 35.5. The van der Waals surface area contributed by atoms with Gasteiger partial charge in [-0.25, -0.2) is 13.2 Å². The molecule has 8 heteroatoms. The van der Waals surface area contributed by atoms with E-state index in [4.69, 9.17) is 11.6 Å². The van der Waals surface area contributed by atoms with Gasteiger partial charge in [0, 0.05) is 46.8 Å². The van der Waals surface area contributed by atoms with Crippen molar-refractivity contribution >= 4 is 38.9 Å². The van der Waals surface area contributed by atoms with E-state index >= 15 is 4.39 Å². The molecule has 0 atom stereocenters. The number of rotatable bonds is 7. The van der Waals surface area contributed by atoms with Crippen LogP contribution in [0.3, 0.4) is 0 Å². The standard InChI is InChI=1S/C31H30ClF3N2OS/c1-31(34,35)22-10-7-19(8-11-22)20-9-16-26(33)21(17-20)18-37(24-14-12-23(36-2)13-15-24)30(38)29-28(32)25-5-3-4-6-27(25)39-29/h3-11,16-17,23-24,36H,12-15,18H2,1-2H3. The Labute approximate surface area is 235 Å². The maximum atomic E-state index is 15.2. The van der Waals surface area contributed by atoms with Crippen LogP contribution in [0.2, 0.25) is 5.02 Å². The van der Waals surface area contributed by atoms with E-state index in [-0.39, 0.29) is 24.1 Å². The van der Waals surface area contributed by atoms with Crippen molar-refractivity contribution in [2.75, 3.05) is 7.05 Å². The lowest BCUT2D eigenvalue weighted by Crippen LogP contribution is -2.44. The van der Waals surface area contributed by atoms with E-state index in [0.29, 0.717) is 32.6 Å². The van der Waals surface area contributed by atoms with Crippen LogP contribution >= 0.6 is 22.9 Å². The molecule has 1 saturated carbocycles. The summed E-state index contributed by atoms with van der Waals surface area (Å²) < 4.78 is 43.5. The third-order valence-electron chi connectivity index (χ3n) is 7.65. The zero-order valence-corrected chi connectivity index (χ0v) is 23.4.